The Labute approximate surface area is 105 Å². The van der Waals surface area contributed by atoms with Gasteiger partial charge in [-0.15, -0.1) is 0 Å². The molecule has 1 aliphatic heterocycles. The first kappa shape index (κ1) is 12.8. The Hall–Kier alpha value is -1.62. The van der Waals surface area contributed by atoms with E-state index in [4.69, 9.17) is 9.84 Å². The zero-order valence-corrected chi connectivity index (χ0v) is 10.2. The van der Waals surface area contributed by atoms with Gasteiger partial charge in [-0.1, -0.05) is 0 Å². The van der Waals surface area contributed by atoms with E-state index >= 15 is 0 Å². The number of ether oxygens (including phenoxy) is 1. The average molecular weight is 253 g/mol. The fourth-order valence-corrected chi connectivity index (χ4v) is 2.12. The van der Waals surface area contributed by atoms with E-state index in [1.807, 2.05) is 7.05 Å². The number of hydrogen-bond donors (Lipinski definition) is 1. The van der Waals surface area contributed by atoms with E-state index in [9.17, 15) is 9.18 Å². The number of rotatable bonds is 4. The van der Waals surface area contributed by atoms with Crippen molar-refractivity contribution in [3.8, 4) is 5.75 Å². The number of carboxylic acids is 1. The van der Waals surface area contributed by atoms with Crippen molar-refractivity contribution in [1.29, 1.82) is 0 Å². The van der Waals surface area contributed by atoms with Crippen LogP contribution in [0.4, 0.5) is 4.39 Å². The molecule has 1 aliphatic rings. The SMILES string of the molecule is CN1CCC(COc2ccc(C(=O)O)cc2F)C1. The van der Waals surface area contributed by atoms with Gasteiger partial charge in [-0.2, -0.15) is 0 Å². The highest BCUT2D eigenvalue weighted by atomic mass is 19.1. The number of likely N-dealkylation sites (tertiary alicyclic amines) is 1. The summed E-state index contributed by atoms with van der Waals surface area (Å²) in [6.45, 7) is 2.46. The number of carboxylic acid groups (broad SMARTS) is 1. The lowest BCUT2D eigenvalue weighted by Crippen LogP contribution is -2.18. The minimum atomic E-state index is -1.14. The second-order valence-electron chi connectivity index (χ2n) is 4.68. The molecule has 1 atom stereocenters. The molecule has 18 heavy (non-hydrogen) atoms. The number of benzene rings is 1. The summed E-state index contributed by atoms with van der Waals surface area (Å²) in [4.78, 5) is 12.9. The predicted molar refractivity (Wildman–Crippen MR) is 64.5 cm³/mol. The van der Waals surface area contributed by atoms with Crippen molar-refractivity contribution >= 4 is 5.97 Å². The van der Waals surface area contributed by atoms with Crippen LogP contribution < -0.4 is 4.74 Å². The summed E-state index contributed by atoms with van der Waals surface area (Å²) in [5.41, 5.74) is -0.0690. The Morgan fingerprint density at radius 2 is 2.39 bits per heavy atom. The number of aromatic carboxylic acids is 1. The summed E-state index contributed by atoms with van der Waals surface area (Å²) < 4.78 is 19.0. The minimum Gasteiger partial charge on any atom is -0.490 e. The first-order valence-corrected chi connectivity index (χ1v) is 5.90. The standard InChI is InChI=1S/C13H16FNO3/c1-15-5-4-9(7-15)8-18-12-3-2-10(13(16)17)6-11(12)14/h2-3,6,9H,4-5,7-8H2,1H3,(H,16,17). The van der Waals surface area contributed by atoms with Gasteiger partial charge < -0.3 is 14.7 Å². The van der Waals surface area contributed by atoms with E-state index in [-0.39, 0.29) is 11.3 Å². The molecule has 98 valence electrons. The molecule has 1 fully saturated rings. The predicted octanol–water partition coefficient (Wildman–Crippen LogP) is 1.85. The molecule has 1 heterocycles. The first-order valence-electron chi connectivity index (χ1n) is 5.90. The Morgan fingerprint density at radius 3 is 2.94 bits per heavy atom. The van der Waals surface area contributed by atoms with E-state index in [2.05, 4.69) is 4.90 Å². The number of carbonyl (C=O) groups is 1. The maximum absolute atomic E-state index is 13.6. The molecular formula is C13H16FNO3. The number of hydrogen-bond acceptors (Lipinski definition) is 3. The zero-order chi connectivity index (χ0) is 13.1. The van der Waals surface area contributed by atoms with Gasteiger partial charge in [-0.05, 0) is 38.2 Å². The Balaban J connectivity index is 1.95. The van der Waals surface area contributed by atoms with Crippen LogP contribution in [-0.4, -0.2) is 42.7 Å². The van der Waals surface area contributed by atoms with Crippen molar-refractivity contribution < 1.29 is 19.0 Å². The van der Waals surface area contributed by atoms with Gasteiger partial charge in [-0.3, -0.25) is 0 Å². The van der Waals surface area contributed by atoms with E-state index < -0.39 is 11.8 Å². The molecule has 2 rings (SSSR count). The van der Waals surface area contributed by atoms with Gasteiger partial charge in [0.1, 0.15) is 0 Å². The van der Waals surface area contributed by atoms with Gasteiger partial charge in [0.2, 0.25) is 0 Å². The summed E-state index contributed by atoms with van der Waals surface area (Å²) in [6.07, 6.45) is 1.05. The van der Waals surface area contributed by atoms with Crippen molar-refractivity contribution in [3.05, 3.63) is 29.6 Å². The topological polar surface area (TPSA) is 49.8 Å². The minimum absolute atomic E-state index is 0.0690. The Morgan fingerprint density at radius 1 is 1.61 bits per heavy atom. The third-order valence-electron chi connectivity index (χ3n) is 3.14. The van der Waals surface area contributed by atoms with E-state index in [0.29, 0.717) is 12.5 Å². The lowest BCUT2D eigenvalue weighted by molar-refractivity contribution is 0.0696. The summed E-state index contributed by atoms with van der Waals surface area (Å²) in [6, 6.07) is 3.71. The van der Waals surface area contributed by atoms with Crippen LogP contribution in [0.2, 0.25) is 0 Å². The zero-order valence-electron chi connectivity index (χ0n) is 10.2. The lowest BCUT2D eigenvalue weighted by atomic mass is 10.1. The van der Waals surface area contributed by atoms with Gasteiger partial charge in [0.25, 0.3) is 0 Å². The van der Waals surface area contributed by atoms with Crippen molar-refractivity contribution in [2.75, 3.05) is 26.7 Å². The molecule has 4 nitrogen and oxygen atoms in total. The smallest absolute Gasteiger partial charge is 0.335 e. The van der Waals surface area contributed by atoms with Crippen molar-refractivity contribution in [2.24, 2.45) is 5.92 Å². The highest BCUT2D eigenvalue weighted by molar-refractivity contribution is 5.87. The third-order valence-corrected chi connectivity index (χ3v) is 3.14. The van der Waals surface area contributed by atoms with Gasteiger partial charge in [0.05, 0.1) is 12.2 Å². The molecule has 1 unspecified atom stereocenters. The fourth-order valence-electron chi connectivity index (χ4n) is 2.12. The maximum atomic E-state index is 13.6. The van der Waals surface area contributed by atoms with Crippen molar-refractivity contribution in [3.63, 3.8) is 0 Å². The molecule has 0 aliphatic carbocycles. The molecule has 0 radical (unpaired) electrons. The summed E-state index contributed by atoms with van der Waals surface area (Å²) in [5.74, 6) is -1.23. The van der Waals surface area contributed by atoms with E-state index in [1.165, 1.54) is 12.1 Å². The quantitative estimate of drug-likeness (QED) is 0.889. The monoisotopic (exact) mass is 253 g/mol. The van der Waals surface area contributed by atoms with Gasteiger partial charge in [-0.25, -0.2) is 9.18 Å². The molecule has 0 saturated carbocycles. The Bertz CT molecular complexity index is 450. The van der Waals surface area contributed by atoms with Crippen molar-refractivity contribution in [2.45, 2.75) is 6.42 Å². The summed E-state index contributed by atoms with van der Waals surface area (Å²) in [7, 11) is 2.04. The molecule has 0 amide bonds. The lowest BCUT2D eigenvalue weighted by Gasteiger charge is -2.12. The van der Waals surface area contributed by atoms with Gasteiger partial charge in [0, 0.05) is 12.5 Å². The van der Waals surface area contributed by atoms with E-state index in [1.54, 1.807) is 0 Å². The van der Waals surface area contributed by atoms with Crippen LogP contribution in [0.1, 0.15) is 16.8 Å². The molecule has 0 spiro atoms. The average Bonchev–Trinajstić information content (AvgIpc) is 2.73. The highest BCUT2D eigenvalue weighted by Gasteiger charge is 2.20. The first-order chi connectivity index (χ1) is 8.56. The van der Waals surface area contributed by atoms with Crippen molar-refractivity contribution in [1.82, 2.24) is 4.90 Å². The van der Waals surface area contributed by atoms with Crippen LogP contribution in [0.25, 0.3) is 0 Å². The van der Waals surface area contributed by atoms with Gasteiger partial charge >= 0.3 is 5.97 Å². The van der Waals surface area contributed by atoms with Crippen LogP contribution >= 0.6 is 0 Å². The van der Waals surface area contributed by atoms with Crippen LogP contribution in [0.15, 0.2) is 18.2 Å². The molecule has 1 aromatic carbocycles. The van der Waals surface area contributed by atoms with Crippen LogP contribution in [-0.2, 0) is 0 Å². The van der Waals surface area contributed by atoms with Crippen LogP contribution in [0.3, 0.4) is 0 Å². The normalized spacial score (nSPS) is 20.0. The maximum Gasteiger partial charge on any atom is 0.335 e. The third kappa shape index (κ3) is 2.98. The largest absolute Gasteiger partial charge is 0.490 e. The molecular weight excluding hydrogens is 237 g/mol. The number of nitrogens with zero attached hydrogens (tertiary/aromatic N) is 1. The highest BCUT2D eigenvalue weighted by Crippen LogP contribution is 2.21. The fraction of sp³-hybridized carbons (Fsp3) is 0.462. The second kappa shape index (κ2) is 5.35. The molecule has 1 N–H and O–H groups in total. The van der Waals surface area contributed by atoms with E-state index in [0.717, 1.165) is 25.6 Å². The molecule has 1 aromatic rings. The Kier molecular flexibility index (Phi) is 3.81. The molecule has 1 saturated heterocycles. The van der Waals surface area contributed by atoms with Crippen LogP contribution in [0.5, 0.6) is 5.75 Å². The second-order valence-corrected chi connectivity index (χ2v) is 4.68. The summed E-state index contributed by atoms with van der Waals surface area (Å²) >= 11 is 0. The molecule has 0 aromatic heterocycles. The van der Waals surface area contributed by atoms with Crippen LogP contribution in [0, 0.1) is 11.7 Å². The van der Waals surface area contributed by atoms with Gasteiger partial charge in [0.15, 0.2) is 11.6 Å². The molecule has 0 bridgehead atoms. The summed E-state index contributed by atoms with van der Waals surface area (Å²) in [5, 5.41) is 8.72. The number of halogens is 1. The molecule has 5 heteroatoms.